The van der Waals surface area contributed by atoms with Crippen molar-refractivity contribution in [3.05, 3.63) is 0 Å². The molecule has 0 aromatic heterocycles. The number of carbonyl (C=O) groups is 2. The lowest BCUT2D eigenvalue weighted by molar-refractivity contribution is -0.150. The van der Waals surface area contributed by atoms with Crippen molar-refractivity contribution in [1.82, 2.24) is 4.90 Å². The van der Waals surface area contributed by atoms with Crippen LogP contribution in [0.15, 0.2) is 0 Å². The first-order valence-electron chi connectivity index (χ1n) is 6.41. The smallest absolute Gasteiger partial charge is 0.325 e. The van der Waals surface area contributed by atoms with Gasteiger partial charge in [-0.1, -0.05) is 0 Å². The molecule has 0 aromatic rings. The number of carbonyl (C=O) groups excluding carboxylic acids is 2. The van der Waals surface area contributed by atoms with Crippen LogP contribution in [-0.2, 0) is 14.3 Å². The molecule has 106 valence electrons. The Morgan fingerprint density at radius 2 is 1.89 bits per heavy atom. The minimum atomic E-state index is -0.373. The zero-order valence-electron chi connectivity index (χ0n) is 12.2. The van der Waals surface area contributed by atoms with Crippen LogP contribution in [-0.4, -0.2) is 41.5 Å². The molecule has 0 radical (unpaired) electrons. The third-order valence-corrected chi connectivity index (χ3v) is 2.53. The van der Waals surface area contributed by atoms with Crippen molar-refractivity contribution in [2.45, 2.75) is 59.0 Å². The van der Waals surface area contributed by atoms with Gasteiger partial charge in [0.1, 0.15) is 6.54 Å². The van der Waals surface area contributed by atoms with E-state index >= 15 is 0 Å². The van der Waals surface area contributed by atoms with Crippen LogP contribution in [0.1, 0.15) is 47.5 Å². The van der Waals surface area contributed by atoms with Crippen molar-refractivity contribution < 1.29 is 14.3 Å². The minimum absolute atomic E-state index is 0.00927. The highest BCUT2D eigenvalue weighted by molar-refractivity contribution is 5.82. The summed E-state index contributed by atoms with van der Waals surface area (Å²) in [6.07, 6.45) is 0.943. The zero-order chi connectivity index (χ0) is 14.3. The Hall–Kier alpha value is -1.10. The molecule has 0 spiro atoms. The summed E-state index contributed by atoms with van der Waals surface area (Å²) in [6.45, 7) is 9.60. The first-order chi connectivity index (χ1) is 8.17. The summed E-state index contributed by atoms with van der Waals surface area (Å²) < 4.78 is 4.86. The quantitative estimate of drug-likeness (QED) is 0.699. The van der Waals surface area contributed by atoms with Crippen LogP contribution in [0.3, 0.4) is 0 Å². The molecule has 0 fully saturated rings. The Kier molecular flexibility index (Phi) is 6.91. The molecule has 0 saturated heterocycles. The van der Waals surface area contributed by atoms with E-state index in [1.54, 1.807) is 6.92 Å². The molecule has 18 heavy (non-hydrogen) atoms. The normalized spacial score (nSPS) is 11.5. The number of hydrogen-bond acceptors (Lipinski definition) is 4. The average molecular weight is 258 g/mol. The van der Waals surface area contributed by atoms with Crippen LogP contribution < -0.4 is 5.73 Å². The van der Waals surface area contributed by atoms with Gasteiger partial charge in [0.2, 0.25) is 5.91 Å². The summed E-state index contributed by atoms with van der Waals surface area (Å²) in [5.74, 6) is -0.428. The number of ether oxygens (including phenoxy) is 1. The lowest BCUT2D eigenvalue weighted by atomic mass is 9.99. The second-order valence-electron chi connectivity index (χ2n) is 5.41. The van der Waals surface area contributed by atoms with Crippen LogP contribution in [0, 0.1) is 0 Å². The molecule has 5 heteroatoms. The van der Waals surface area contributed by atoms with Crippen molar-refractivity contribution in [2.75, 3.05) is 13.2 Å². The SMILES string of the molecule is CCOC(=O)CN(C(=O)CCC(C)(C)N)C(C)C. The van der Waals surface area contributed by atoms with E-state index in [2.05, 4.69) is 0 Å². The molecule has 0 bridgehead atoms. The van der Waals surface area contributed by atoms with E-state index < -0.39 is 0 Å². The number of rotatable bonds is 7. The Balaban J connectivity index is 4.41. The predicted octanol–water partition coefficient (Wildman–Crippen LogP) is 1.30. The molecule has 1 amide bonds. The number of nitrogens with zero attached hydrogens (tertiary/aromatic N) is 1. The van der Waals surface area contributed by atoms with E-state index in [-0.39, 0.29) is 30.0 Å². The van der Waals surface area contributed by atoms with Gasteiger partial charge in [-0.15, -0.1) is 0 Å². The van der Waals surface area contributed by atoms with Gasteiger partial charge in [-0.3, -0.25) is 9.59 Å². The van der Waals surface area contributed by atoms with E-state index in [1.807, 2.05) is 27.7 Å². The van der Waals surface area contributed by atoms with Crippen LogP contribution >= 0.6 is 0 Å². The summed E-state index contributed by atoms with van der Waals surface area (Å²) in [6, 6.07) is -0.0252. The third-order valence-electron chi connectivity index (χ3n) is 2.53. The highest BCUT2D eigenvalue weighted by Gasteiger charge is 2.22. The maximum Gasteiger partial charge on any atom is 0.325 e. The molecule has 0 aliphatic carbocycles. The molecule has 0 rings (SSSR count). The van der Waals surface area contributed by atoms with E-state index in [9.17, 15) is 9.59 Å². The average Bonchev–Trinajstić information content (AvgIpc) is 2.21. The number of nitrogens with two attached hydrogens (primary N) is 1. The van der Waals surface area contributed by atoms with Crippen molar-refractivity contribution in [3.8, 4) is 0 Å². The largest absolute Gasteiger partial charge is 0.465 e. The number of amides is 1. The molecule has 0 aliphatic rings. The Labute approximate surface area is 110 Å². The zero-order valence-corrected chi connectivity index (χ0v) is 12.2. The molecule has 0 heterocycles. The Morgan fingerprint density at radius 1 is 1.33 bits per heavy atom. The summed E-state index contributed by atoms with van der Waals surface area (Å²) >= 11 is 0. The predicted molar refractivity (Wildman–Crippen MR) is 71.0 cm³/mol. The highest BCUT2D eigenvalue weighted by atomic mass is 16.5. The molecule has 5 nitrogen and oxygen atoms in total. The second kappa shape index (κ2) is 7.36. The third kappa shape index (κ3) is 7.27. The molecule has 2 N–H and O–H groups in total. The Bertz CT molecular complexity index is 282. The summed E-state index contributed by atoms with van der Waals surface area (Å²) in [5, 5.41) is 0. The monoisotopic (exact) mass is 258 g/mol. The topological polar surface area (TPSA) is 72.6 Å². The fourth-order valence-electron chi connectivity index (χ4n) is 1.48. The highest BCUT2D eigenvalue weighted by Crippen LogP contribution is 2.11. The van der Waals surface area contributed by atoms with Gasteiger partial charge in [0.05, 0.1) is 6.61 Å². The molecule has 0 atom stereocenters. The van der Waals surface area contributed by atoms with E-state index in [0.717, 1.165) is 0 Å². The minimum Gasteiger partial charge on any atom is -0.465 e. The fourth-order valence-corrected chi connectivity index (χ4v) is 1.48. The van der Waals surface area contributed by atoms with E-state index in [1.165, 1.54) is 4.90 Å². The van der Waals surface area contributed by atoms with Crippen molar-refractivity contribution in [2.24, 2.45) is 5.73 Å². The second-order valence-corrected chi connectivity index (χ2v) is 5.41. The van der Waals surface area contributed by atoms with Gasteiger partial charge in [0.25, 0.3) is 0 Å². The van der Waals surface area contributed by atoms with E-state index in [4.69, 9.17) is 10.5 Å². The first-order valence-corrected chi connectivity index (χ1v) is 6.41. The van der Waals surface area contributed by atoms with Gasteiger partial charge in [-0.05, 0) is 41.0 Å². The molecule has 0 unspecified atom stereocenters. The van der Waals surface area contributed by atoms with Gasteiger partial charge in [-0.2, -0.15) is 0 Å². The summed E-state index contributed by atoms with van der Waals surface area (Å²) in [5.41, 5.74) is 5.47. The number of esters is 1. The molecule has 0 saturated carbocycles. The lowest BCUT2D eigenvalue weighted by Gasteiger charge is -2.27. The van der Waals surface area contributed by atoms with Crippen molar-refractivity contribution >= 4 is 11.9 Å². The van der Waals surface area contributed by atoms with Crippen LogP contribution in [0.4, 0.5) is 0 Å². The number of hydrogen-bond donors (Lipinski definition) is 1. The molecular weight excluding hydrogens is 232 g/mol. The molecule has 0 aliphatic heterocycles. The van der Waals surface area contributed by atoms with Crippen molar-refractivity contribution in [1.29, 1.82) is 0 Å². The Morgan fingerprint density at radius 3 is 2.28 bits per heavy atom. The molecular formula is C13H26N2O3. The van der Waals surface area contributed by atoms with Crippen LogP contribution in [0.2, 0.25) is 0 Å². The maximum atomic E-state index is 12.0. The van der Waals surface area contributed by atoms with E-state index in [0.29, 0.717) is 19.4 Å². The van der Waals surface area contributed by atoms with Crippen LogP contribution in [0.5, 0.6) is 0 Å². The molecule has 0 aromatic carbocycles. The summed E-state index contributed by atoms with van der Waals surface area (Å²) in [4.78, 5) is 25.0. The standard InChI is InChI=1S/C13H26N2O3/c1-6-18-12(17)9-15(10(2)3)11(16)7-8-13(4,5)14/h10H,6-9,14H2,1-5H3. The van der Waals surface area contributed by atoms with Crippen LogP contribution in [0.25, 0.3) is 0 Å². The summed E-state index contributed by atoms with van der Waals surface area (Å²) in [7, 11) is 0. The first kappa shape index (κ1) is 16.9. The lowest BCUT2D eigenvalue weighted by Crippen LogP contribution is -2.42. The van der Waals surface area contributed by atoms with Gasteiger partial charge in [-0.25, -0.2) is 0 Å². The van der Waals surface area contributed by atoms with Crippen molar-refractivity contribution in [3.63, 3.8) is 0 Å². The van der Waals surface area contributed by atoms with Gasteiger partial charge < -0.3 is 15.4 Å². The maximum absolute atomic E-state index is 12.0. The van der Waals surface area contributed by atoms with Gasteiger partial charge >= 0.3 is 5.97 Å². The van der Waals surface area contributed by atoms with Gasteiger partial charge in [0.15, 0.2) is 0 Å². The fraction of sp³-hybridized carbons (Fsp3) is 0.846. The van der Waals surface area contributed by atoms with Gasteiger partial charge in [0, 0.05) is 18.0 Å².